The molecule has 2 fully saturated rings. The molecule has 2 rings (SSSR count). The van der Waals surface area contributed by atoms with Crippen molar-refractivity contribution in [3.8, 4) is 0 Å². The number of nitrogens with zero attached hydrogens (tertiary/aromatic N) is 1. The summed E-state index contributed by atoms with van der Waals surface area (Å²) in [5.41, 5.74) is 1.09. The zero-order valence-corrected chi connectivity index (χ0v) is 11.8. The van der Waals surface area contributed by atoms with Crippen LogP contribution in [-0.2, 0) is 0 Å². The summed E-state index contributed by atoms with van der Waals surface area (Å²) in [6, 6.07) is 0.711. The van der Waals surface area contributed by atoms with Crippen LogP contribution in [0.3, 0.4) is 0 Å². The van der Waals surface area contributed by atoms with Crippen LogP contribution >= 0.6 is 0 Å². The molecule has 0 radical (unpaired) electrons. The lowest BCUT2D eigenvalue weighted by molar-refractivity contribution is -0.976. The van der Waals surface area contributed by atoms with E-state index in [2.05, 4.69) is 55.6 Å². The molecule has 88 valence electrons. The normalized spacial score (nSPS) is 53.8. The first-order chi connectivity index (χ1) is 6.63. The molecule has 0 aromatic carbocycles. The highest BCUT2D eigenvalue weighted by atomic mass is 15.4. The lowest BCUT2D eigenvalue weighted by Crippen LogP contribution is -2.73. The number of hydrogen-bond donors (Lipinski definition) is 0. The van der Waals surface area contributed by atoms with E-state index in [4.69, 9.17) is 0 Å². The molecular weight excluding hydrogens is 182 g/mol. The maximum atomic E-state index is 2.53. The quantitative estimate of drug-likeness (QED) is 0.614. The summed E-state index contributed by atoms with van der Waals surface area (Å²) in [6.45, 7) is 14.7. The van der Waals surface area contributed by atoms with Crippen molar-refractivity contribution in [1.29, 1.82) is 0 Å². The fourth-order valence-corrected chi connectivity index (χ4v) is 4.94. The predicted molar refractivity (Wildman–Crippen MR) is 65.6 cm³/mol. The van der Waals surface area contributed by atoms with E-state index in [1.807, 2.05) is 0 Å². The molecule has 0 heterocycles. The summed E-state index contributed by atoms with van der Waals surface area (Å²) >= 11 is 0. The van der Waals surface area contributed by atoms with Crippen molar-refractivity contribution in [2.24, 2.45) is 23.2 Å². The predicted octanol–water partition coefficient (Wildman–Crippen LogP) is 3.15. The summed E-state index contributed by atoms with van der Waals surface area (Å²) < 4.78 is 1.17. The van der Waals surface area contributed by atoms with Gasteiger partial charge in [-0.15, -0.1) is 0 Å². The van der Waals surface area contributed by atoms with Crippen LogP contribution in [0, 0.1) is 23.2 Å². The lowest BCUT2D eigenvalue weighted by Gasteiger charge is -2.61. The van der Waals surface area contributed by atoms with Gasteiger partial charge < -0.3 is 4.48 Å². The van der Waals surface area contributed by atoms with E-state index in [9.17, 15) is 0 Å². The Morgan fingerprint density at radius 2 is 1.47 bits per heavy atom. The molecule has 0 spiro atoms. The Hall–Kier alpha value is -0.0400. The highest BCUT2D eigenvalue weighted by Crippen LogP contribution is 2.81. The van der Waals surface area contributed by atoms with Gasteiger partial charge in [-0.05, 0) is 32.6 Å². The first-order valence-corrected chi connectivity index (χ1v) is 6.47. The van der Waals surface area contributed by atoms with E-state index in [0.29, 0.717) is 17.0 Å². The molecule has 0 N–H and O–H groups in total. The maximum Gasteiger partial charge on any atom is 0.105 e. The number of fused-ring (bicyclic) bond motifs is 1. The number of hydrogen-bond acceptors (Lipinski definition) is 0. The van der Waals surface area contributed by atoms with Gasteiger partial charge in [0.25, 0.3) is 0 Å². The minimum Gasteiger partial charge on any atom is -0.321 e. The van der Waals surface area contributed by atoms with E-state index < -0.39 is 0 Å². The number of rotatable bonds is 2. The minimum absolute atomic E-state index is 0.477. The highest BCUT2D eigenvalue weighted by molar-refractivity contribution is 5.29. The molecule has 15 heavy (non-hydrogen) atoms. The lowest BCUT2D eigenvalue weighted by atomic mass is 9.58. The Morgan fingerprint density at radius 1 is 1.00 bits per heavy atom. The van der Waals surface area contributed by atoms with Crippen LogP contribution < -0.4 is 0 Å². The van der Waals surface area contributed by atoms with E-state index >= 15 is 0 Å². The Balaban J connectivity index is 2.37. The number of quaternary nitrogens is 1. The summed E-state index contributed by atoms with van der Waals surface area (Å²) in [5.74, 6) is 2.82. The molecule has 0 bridgehead atoms. The van der Waals surface area contributed by atoms with Crippen LogP contribution in [0.1, 0.15) is 41.5 Å². The Labute approximate surface area is 95.4 Å². The molecule has 5 atom stereocenters. The van der Waals surface area contributed by atoms with Gasteiger partial charge in [0.1, 0.15) is 5.54 Å². The van der Waals surface area contributed by atoms with Gasteiger partial charge in [-0.25, -0.2) is 0 Å². The second-order valence-corrected chi connectivity index (χ2v) is 7.17. The molecule has 0 aliphatic heterocycles. The van der Waals surface area contributed by atoms with Gasteiger partial charge in [0.15, 0.2) is 0 Å². The average Bonchev–Trinajstić information content (AvgIpc) is 2.65. The summed E-state index contributed by atoms with van der Waals surface area (Å²) in [4.78, 5) is 0. The van der Waals surface area contributed by atoms with Crippen LogP contribution in [-0.4, -0.2) is 30.2 Å². The fourth-order valence-electron chi connectivity index (χ4n) is 4.94. The zero-order chi connectivity index (χ0) is 11.8. The van der Waals surface area contributed by atoms with E-state index in [1.165, 1.54) is 4.48 Å². The Kier molecular flexibility index (Phi) is 1.99. The molecule has 0 amide bonds. The molecule has 2 aliphatic carbocycles. The summed E-state index contributed by atoms with van der Waals surface area (Å²) in [7, 11) is 4.85. The van der Waals surface area contributed by atoms with Gasteiger partial charge in [0.05, 0.1) is 20.1 Å². The second kappa shape index (κ2) is 2.61. The summed E-state index contributed by atoms with van der Waals surface area (Å²) in [6.07, 6.45) is 0. The van der Waals surface area contributed by atoms with E-state index in [-0.39, 0.29) is 0 Å². The third-order valence-corrected chi connectivity index (χ3v) is 7.07. The van der Waals surface area contributed by atoms with Crippen LogP contribution in [0.25, 0.3) is 0 Å². The molecule has 0 aromatic rings. The second-order valence-electron chi connectivity index (χ2n) is 7.17. The first kappa shape index (κ1) is 11.4. The van der Waals surface area contributed by atoms with E-state index in [0.717, 1.165) is 17.8 Å². The van der Waals surface area contributed by atoms with Crippen molar-refractivity contribution in [2.75, 3.05) is 14.1 Å². The van der Waals surface area contributed by atoms with Crippen molar-refractivity contribution >= 4 is 0 Å². The van der Waals surface area contributed by atoms with Crippen LogP contribution in [0.4, 0.5) is 0 Å². The molecule has 2 saturated carbocycles. The highest BCUT2D eigenvalue weighted by Gasteiger charge is 2.86. The molecule has 2 aliphatic rings. The zero-order valence-electron chi connectivity index (χ0n) is 11.8. The van der Waals surface area contributed by atoms with Crippen LogP contribution in [0.15, 0.2) is 0 Å². The molecule has 5 unspecified atom stereocenters. The standard InChI is InChI=1S/C14H28N/c1-9(2)15(7,8)14(6)11(4)12-10(3)13(12,14)5/h9-12H,1-8H3/q+1. The van der Waals surface area contributed by atoms with E-state index in [1.54, 1.807) is 0 Å². The van der Waals surface area contributed by atoms with Crippen molar-refractivity contribution < 1.29 is 4.48 Å². The minimum atomic E-state index is 0.477. The van der Waals surface area contributed by atoms with Crippen molar-refractivity contribution in [1.82, 2.24) is 0 Å². The monoisotopic (exact) mass is 210 g/mol. The van der Waals surface area contributed by atoms with Gasteiger partial charge in [-0.3, -0.25) is 0 Å². The van der Waals surface area contributed by atoms with Crippen molar-refractivity contribution in [3.05, 3.63) is 0 Å². The van der Waals surface area contributed by atoms with Gasteiger partial charge in [0, 0.05) is 11.3 Å². The fraction of sp³-hybridized carbons (Fsp3) is 1.00. The van der Waals surface area contributed by atoms with Gasteiger partial charge in [-0.2, -0.15) is 0 Å². The SMILES string of the molecule is CC1C2C(C)C(C)([N+](C)(C)C(C)C)C12C. The van der Waals surface area contributed by atoms with Crippen LogP contribution in [0.2, 0.25) is 0 Å². The smallest absolute Gasteiger partial charge is 0.105 e. The molecule has 0 saturated heterocycles. The third kappa shape index (κ3) is 0.868. The van der Waals surface area contributed by atoms with Gasteiger partial charge in [0.2, 0.25) is 0 Å². The molecule has 1 nitrogen and oxygen atoms in total. The summed E-state index contributed by atoms with van der Waals surface area (Å²) in [5, 5.41) is 0. The van der Waals surface area contributed by atoms with Crippen LogP contribution in [0.5, 0.6) is 0 Å². The van der Waals surface area contributed by atoms with Crippen molar-refractivity contribution in [2.45, 2.75) is 53.1 Å². The third-order valence-electron chi connectivity index (χ3n) is 7.07. The van der Waals surface area contributed by atoms with Gasteiger partial charge >= 0.3 is 0 Å². The molecular formula is C14H28N+. The topological polar surface area (TPSA) is 0 Å². The molecule has 1 heteroatoms. The van der Waals surface area contributed by atoms with Crippen molar-refractivity contribution in [3.63, 3.8) is 0 Å². The largest absolute Gasteiger partial charge is 0.321 e. The average molecular weight is 210 g/mol. The maximum absolute atomic E-state index is 2.53. The Bertz CT molecular complexity index is 294. The Morgan fingerprint density at radius 3 is 1.73 bits per heavy atom. The van der Waals surface area contributed by atoms with Gasteiger partial charge in [-0.1, -0.05) is 20.8 Å². The molecule has 0 aromatic heterocycles. The first-order valence-electron chi connectivity index (χ1n) is 6.47.